The van der Waals surface area contributed by atoms with Gasteiger partial charge < -0.3 is 10.4 Å². The smallest absolute Gasteiger partial charge is 0.416 e. The Hall–Kier alpha value is -4.25. The van der Waals surface area contributed by atoms with Crippen molar-refractivity contribution in [2.24, 2.45) is 5.92 Å². The number of carbonyl (C=O) groups is 4. The molecule has 0 saturated heterocycles. The molecule has 1 aliphatic rings. The van der Waals surface area contributed by atoms with Gasteiger partial charge >= 0.3 is 12.1 Å². The van der Waals surface area contributed by atoms with Gasteiger partial charge in [-0.05, 0) is 59.4 Å². The molecule has 0 saturated carbocycles. The highest BCUT2D eigenvalue weighted by Gasteiger charge is 2.37. The zero-order chi connectivity index (χ0) is 29.9. The number of carboxylic acid groups (broad SMARTS) is 1. The van der Waals surface area contributed by atoms with Gasteiger partial charge in [0.2, 0.25) is 5.91 Å². The number of amides is 3. The van der Waals surface area contributed by atoms with Crippen LogP contribution in [0, 0.1) is 5.92 Å². The molecular weight excluding hydrogens is 539 g/mol. The summed E-state index contributed by atoms with van der Waals surface area (Å²) in [7, 11) is 0. The molecule has 3 aromatic rings. The molecule has 41 heavy (non-hydrogen) atoms. The van der Waals surface area contributed by atoms with Gasteiger partial charge in [-0.2, -0.15) is 13.2 Å². The van der Waals surface area contributed by atoms with Gasteiger partial charge in [-0.15, -0.1) is 0 Å². The highest BCUT2D eigenvalue weighted by Crippen LogP contribution is 2.30. The number of benzene rings is 3. The predicted octanol–water partition coefficient (Wildman–Crippen LogP) is 4.62. The average Bonchev–Trinajstić information content (AvgIpc) is 3.15. The Labute approximate surface area is 234 Å². The third-order valence-corrected chi connectivity index (χ3v) is 6.92. The number of imide groups is 1. The molecule has 8 nitrogen and oxygen atoms in total. The molecular formula is C30H30F3N3O5. The Balaban J connectivity index is 1.43. The Morgan fingerprint density at radius 1 is 0.902 bits per heavy atom. The van der Waals surface area contributed by atoms with Crippen molar-refractivity contribution < 1.29 is 37.5 Å². The van der Waals surface area contributed by atoms with Crippen molar-refractivity contribution in [3.8, 4) is 0 Å². The predicted molar refractivity (Wildman–Crippen MR) is 145 cm³/mol. The molecule has 4 rings (SSSR count). The van der Waals surface area contributed by atoms with E-state index in [1.807, 2.05) is 38.1 Å². The fourth-order valence-corrected chi connectivity index (χ4v) is 4.85. The standard InChI is InChI=1S/C30H30F3N3O5/c1-17(2)12-25(26(37)34-16-18-6-5-9-21(13-18)30(31,32)33)35-24(29(40)41)10-11-36-27(38)22-14-19-7-3-4-8-20(19)15-23(22)28(36)39/h3-9,13-15,17,24-25,35H,10-12,16H2,1-2H3,(H,34,37)(H,40,41)/t24?,25-/m1/s1. The Kier molecular flexibility index (Phi) is 8.77. The minimum atomic E-state index is -4.52. The number of hydrogen-bond acceptors (Lipinski definition) is 5. The van der Waals surface area contributed by atoms with Crippen molar-refractivity contribution in [1.82, 2.24) is 15.5 Å². The van der Waals surface area contributed by atoms with Crippen LogP contribution in [0.5, 0.6) is 0 Å². The van der Waals surface area contributed by atoms with Crippen molar-refractivity contribution in [1.29, 1.82) is 0 Å². The Morgan fingerprint density at radius 2 is 1.51 bits per heavy atom. The first-order valence-electron chi connectivity index (χ1n) is 13.2. The summed E-state index contributed by atoms with van der Waals surface area (Å²) < 4.78 is 39.1. The number of carboxylic acids is 1. The molecule has 1 heterocycles. The molecule has 3 aromatic carbocycles. The minimum absolute atomic E-state index is 0.0216. The monoisotopic (exact) mass is 569 g/mol. The van der Waals surface area contributed by atoms with E-state index in [2.05, 4.69) is 10.6 Å². The number of aliphatic carboxylic acids is 1. The van der Waals surface area contributed by atoms with Gasteiger partial charge in [0.15, 0.2) is 0 Å². The van der Waals surface area contributed by atoms with Crippen LogP contribution in [0.1, 0.15) is 58.5 Å². The Bertz CT molecular complexity index is 1430. The van der Waals surface area contributed by atoms with Gasteiger partial charge in [0.05, 0.1) is 22.7 Å². The summed E-state index contributed by atoms with van der Waals surface area (Å²) in [5.41, 5.74) is -0.0989. The van der Waals surface area contributed by atoms with Crippen LogP contribution >= 0.6 is 0 Å². The highest BCUT2D eigenvalue weighted by molar-refractivity contribution is 6.23. The van der Waals surface area contributed by atoms with E-state index in [1.54, 1.807) is 12.1 Å². The molecule has 11 heteroatoms. The lowest BCUT2D eigenvalue weighted by Gasteiger charge is -2.25. The summed E-state index contributed by atoms with van der Waals surface area (Å²) in [6, 6.07) is 12.9. The molecule has 0 aromatic heterocycles. The van der Waals surface area contributed by atoms with Crippen LogP contribution in [0.15, 0.2) is 60.7 Å². The minimum Gasteiger partial charge on any atom is -0.480 e. The second kappa shape index (κ2) is 12.1. The fourth-order valence-electron chi connectivity index (χ4n) is 4.85. The maximum absolute atomic E-state index is 13.0. The van der Waals surface area contributed by atoms with Crippen molar-refractivity contribution in [3.63, 3.8) is 0 Å². The van der Waals surface area contributed by atoms with E-state index in [-0.39, 0.29) is 48.5 Å². The van der Waals surface area contributed by atoms with E-state index in [4.69, 9.17) is 0 Å². The van der Waals surface area contributed by atoms with Crippen molar-refractivity contribution >= 4 is 34.5 Å². The number of rotatable bonds is 11. The van der Waals surface area contributed by atoms with E-state index >= 15 is 0 Å². The maximum Gasteiger partial charge on any atom is 0.416 e. The van der Waals surface area contributed by atoms with Gasteiger partial charge in [0.1, 0.15) is 6.04 Å². The van der Waals surface area contributed by atoms with Gasteiger partial charge in [0.25, 0.3) is 11.8 Å². The summed E-state index contributed by atoms with van der Waals surface area (Å²) >= 11 is 0. The van der Waals surface area contributed by atoms with Gasteiger partial charge in [-0.3, -0.25) is 29.4 Å². The number of hydrogen-bond donors (Lipinski definition) is 3. The number of nitrogens with zero attached hydrogens (tertiary/aromatic N) is 1. The largest absolute Gasteiger partial charge is 0.480 e. The fraction of sp³-hybridized carbons (Fsp3) is 0.333. The lowest BCUT2D eigenvalue weighted by Crippen LogP contribution is -2.52. The van der Waals surface area contributed by atoms with Crippen LogP contribution < -0.4 is 10.6 Å². The lowest BCUT2D eigenvalue weighted by molar-refractivity contribution is -0.140. The van der Waals surface area contributed by atoms with E-state index in [9.17, 15) is 37.5 Å². The second-order valence-electron chi connectivity index (χ2n) is 10.5. The quantitative estimate of drug-likeness (QED) is 0.291. The van der Waals surface area contributed by atoms with Crippen LogP contribution in [0.25, 0.3) is 10.8 Å². The number of halogens is 3. The van der Waals surface area contributed by atoms with Gasteiger partial charge in [-0.1, -0.05) is 50.2 Å². The zero-order valence-electron chi connectivity index (χ0n) is 22.5. The second-order valence-corrected chi connectivity index (χ2v) is 10.5. The van der Waals surface area contributed by atoms with E-state index < -0.39 is 47.5 Å². The van der Waals surface area contributed by atoms with Crippen LogP contribution in [-0.4, -0.2) is 52.3 Å². The van der Waals surface area contributed by atoms with Crippen LogP contribution in [0.3, 0.4) is 0 Å². The van der Waals surface area contributed by atoms with Gasteiger partial charge in [0, 0.05) is 13.1 Å². The molecule has 0 aliphatic carbocycles. The summed E-state index contributed by atoms with van der Waals surface area (Å²) in [6.07, 6.45) is -4.43. The van der Waals surface area contributed by atoms with E-state index in [0.717, 1.165) is 27.8 Å². The molecule has 0 fully saturated rings. The zero-order valence-corrected chi connectivity index (χ0v) is 22.5. The number of fused-ring (bicyclic) bond motifs is 2. The van der Waals surface area contributed by atoms with Gasteiger partial charge in [-0.25, -0.2) is 0 Å². The SMILES string of the molecule is CC(C)C[C@@H](NC(CCN1C(=O)c2cc3ccccc3cc2C1=O)C(=O)O)C(=O)NCc1cccc(C(F)(F)F)c1. The third kappa shape index (κ3) is 6.91. The molecule has 3 N–H and O–H groups in total. The molecule has 0 spiro atoms. The Morgan fingerprint density at radius 3 is 2.05 bits per heavy atom. The molecule has 1 aliphatic heterocycles. The van der Waals surface area contributed by atoms with Crippen molar-refractivity contribution in [2.75, 3.05) is 6.54 Å². The average molecular weight is 570 g/mol. The molecule has 216 valence electrons. The topological polar surface area (TPSA) is 116 Å². The van der Waals surface area contributed by atoms with Crippen LogP contribution in [0.4, 0.5) is 13.2 Å². The molecule has 2 atom stereocenters. The molecule has 1 unspecified atom stereocenters. The molecule has 3 amide bonds. The molecule has 0 radical (unpaired) electrons. The summed E-state index contributed by atoms with van der Waals surface area (Å²) in [5, 5.41) is 16.9. The summed E-state index contributed by atoms with van der Waals surface area (Å²) in [5.74, 6) is -2.90. The number of carbonyl (C=O) groups excluding carboxylic acids is 3. The third-order valence-electron chi connectivity index (χ3n) is 6.92. The normalized spacial score (nSPS) is 14.8. The number of nitrogens with one attached hydrogen (secondary N) is 2. The van der Waals surface area contributed by atoms with E-state index in [0.29, 0.717) is 0 Å². The van der Waals surface area contributed by atoms with Crippen molar-refractivity contribution in [2.45, 2.75) is 51.5 Å². The highest BCUT2D eigenvalue weighted by atomic mass is 19.4. The first kappa shape index (κ1) is 29.7. The van der Waals surface area contributed by atoms with Crippen LogP contribution in [0.2, 0.25) is 0 Å². The summed E-state index contributed by atoms with van der Waals surface area (Å²) in [6.45, 7) is 3.31. The maximum atomic E-state index is 13.0. The first-order chi connectivity index (χ1) is 19.3. The number of alkyl halides is 3. The first-order valence-corrected chi connectivity index (χ1v) is 13.2. The molecule has 0 bridgehead atoms. The van der Waals surface area contributed by atoms with E-state index in [1.165, 1.54) is 12.1 Å². The lowest BCUT2D eigenvalue weighted by atomic mass is 10.0. The van der Waals surface area contributed by atoms with Crippen LogP contribution in [-0.2, 0) is 22.3 Å². The summed E-state index contributed by atoms with van der Waals surface area (Å²) in [4.78, 5) is 52.2. The van der Waals surface area contributed by atoms with Crippen molar-refractivity contribution in [3.05, 3.63) is 82.9 Å².